The summed E-state index contributed by atoms with van der Waals surface area (Å²) in [4.78, 5) is 45.7. The number of amides is 1. The van der Waals surface area contributed by atoms with Gasteiger partial charge in [0.1, 0.15) is 12.7 Å². The predicted octanol–water partition coefficient (Wildman–Crippen LogP) is 10.6. The predicted molar refractivity (Wildman–Crippen MR) is 222 cm³/mol. The van der Waals surface area contributed by atoms with Gasteiger partial charge in [0.25, 0.3) is 0 Å². The Hall–Kier alpha value is -2.56. The molecule has 3 atom stereocenters. The maximum Gasteiger partial charge on any atom is 0.472 e. The first-order valence-electron chi connectivity index (χ1n) is 21.2. The van der Waals surface area contributed by atoms with Crippen molar-refractivity contribution >= 4 is 25.7 Å². The molecule has 11 nitrogen and oxygen atoms in total. The number of carbonyl (C=O) groups is 3. The number of nitrogens with one attached hydrogen (secondary N) is 1. The van der Waals surface area contributed by atoms with Crippen molar-refractivity contribution in [3.8, 4) is 0 Å². The number of unbranched alkanes of at least 4 members (excludes halogenated alkanes) is 17. The van der Waals surface area contributed by atoms with Crippen molar-refractivity contribution < 1.29 is 47.8 Å². The molecule has 0 aromatic heterocycles. The number of hydrogen-bond donors (Lipinski definition) is 4. The van der Waals surface area contributed by atoms with Crippen LogP contribution in [0.5, 0.6) is 0 Å². The van der Waals surface area contributed by atoms with Crippen molar-refractivity contribution in [2.45, 2.75) is 187 Å². The van der Waals surface area contributed by atoms with E-state index in [0.29, 0.717) is 12.8 Å². The average molecular weight is 798 g/mol. The summed E-state index contributed by atoms with van der Waals surface area (Å²) in [6.07, 6.45) is 41.5. The Labute approximate surface area is 333 Å². The number of carboxylic acid groups (broad SMARTS) is 1. The SMILES string of the molecule is CCC/C=C\CCCCCCCC(=O)NC(COP(=O)(O)OCC(O)COC(=O)CCCCCCCCCC/C=C\C/C=C\C/C=C\CCCCC)C(=O)O. The lowest BCUT2D eigenvalue weighted by Crippen LogP contribution is -2.43. The summed E-state index contributed by atoms with van der Waals surface area (Å²) < 4.78 is 26.8. The lowest BCUT2D eigenvalue weighted by molar-refractivity contribution is -0.147. The summed E-state index contributed by atoms with van der Waals surface area (Å²) in [5.41, 5.74) is 0. The fourth-order valence-corrected chi connectivity index (χ4v) is 6.27. The summed E-state index contributed by atoms with van der Waals surface area (Å²) in [5.74, 6) is -2.40. The Bertz CT molecular complexity index is 1120. The minimum absolute atomic E-state index is 0.133. The molecule has 55 heavy (non-hydrogen) atoms. The Balaban J connectivity index is 3.88. The zero-order chi connectivity index (χ0) is 40.7. The molecule has 0 fully saturated rings. The monoisotopic (exact) mass is 798 g/mol. The fraction of sp³-hybridized carbons (Fsp3) is 0.744. The zero-order valence-corrected chi connectivity index (χ0v) is 35.1. The van der Waals surface area contributed by atoms with Gasteiger partial charge in [0.15, 0.2) is 6.04 Å². The standard InChI is InChI=1S/C43H76NO10P/c1-3-5-7-9-11-13-15-16-17-18-19-20-21-22-23-24-25-27-29-31-33-35-42(47)52-36-39(45)37-53-55(50,51)54-38-40(43(48)49)44-41(46)34-32-30-28-26-14-12-10-8-6-4-2/h8,10-11,13,16-17,19-20,39-40,45H,3-7,9,12,14-15,18,21-38H2,1-2H3,(H,44,46)(H,48,49)(H,50,51)/b10-8-,13-11-,17-16-,20-19-. The van der Waals surface area contributed by atoms with Gasteiger partial charge in [-0.2, -0.15) is 0 Å². The van der Waals surface area contributed by atoms with Crippen LogP contribution in [0, 0.1) is 0 Å². The quantitative estimate of drug-likeness (QED) is 0.0203. The molecule has 0 aliphatic carbocycles. The number of rotatable bonds is 39. The van der Waals surface area contributed by atoms with E-state index in [9.17, 15) is 34.1 Å². The molecule has 0 aliphatic heterocycles. The Morgan fingerprint density at radius 1 is 0.582 bits per heavy atom. The van der Waals surface area contributed by atoms with E-state index in [2.05, 4.69) is 67.8 Å². The van der Waals surface area contributed by atoms with Gasteiger partial charge in [-0.1, -0.05) is 140 Å². The number of esters is 1. The van der Waals surface area contributed by atoms with Gasteiger partial charge in [0.05, 0.1) is 13.2 Å². The molecule has 0 heterocycles. The van der Waals surface area contributed by atoms with Crippen molar-refractivity contribution in [2.75, 3.05) is 19.8 Å². The normalized spacial score (nSPS) is 14.3. The minimum Gasteiger partial charge on any atom is -0.480 e. The third-order valence-electron chi connectivity index (χ3n) is 8.82. The second-order valence-electron chi connectivity index (χ2n) is 14.2. The Kier molecular flexibility index (Phi) is 36.5. The van der Waals surface area contributed by atoms with Crippen molar-refractivity contribution in [3.63, 3.8) is 0 Å². The molecule has 318 valence electrons. The van der Waals surface area contributed by atoms with E-state index in [1.165, 1.54) is 51.4 Å². The van der Waals surface area contributed by atoms with E-state index >= 15 is 0 Å². The summed E-state index contributed by atoms with van der Waals surface area (Å²) in [6.45, 7) is 2.46. The summed E-state index contributed by atoms with van der Waals surface area (Å²) in [6, 6.07) is -1.55. The first kappa shape index (κ1) is 52.4. The molecule has 0 saturated carbocycles. The number of hydrogen-bond acceptors (Lipinski definition) is 8. The van der Waals surface area contributed by atoms with Crippen LogP contribution in [-0.2, 0) is 32.7 Å². The van der Waals surface area contributed by atoms with Crippen LogP contribution in [0.25, 0.3) is 0 Å². The molecule has 0 aromatic rings. The Morgan fingerprint density at radius 3 is 1.58 bits per heavy atom. The number of aliphatic hydroxyl groups is 1. The molecule has 0 aromatic carbocycles. The molecule has 0 saturated heterocycles. The first-order valence-corrected chi connectivity index (χ1v) is 22.7. The van der Waals surface area contributed by atoms with E-state index < -0.39 is 57.6 Å². The van der Waals surface area contributed by atoms with Crippen molar-refractivity contribution in [2.24, 2.45) is 0 Å². The van der Waals surface area contributed by atoms with Gasteiger partial charge in [0.2, 0.25) is 5.91 Å². The van der Waals surface area contributed by atoms with Gasteiger partial charge in [-0.3, -0.25) is 18.6 Å². The number of aliphatic hydroxyl groups excluding tert-OH is 1. The molecule has 4 N–H and O–H groups in total. The van der Waals surface area contributed by atoms with E-state index in [1.54, 1.807) is 0 Å². The largest absolute Gasteiger partial charge is 0.480 e. The molecule has 12 heteroatoms. The molecule has 0 bridgehead atoms. The van der Waals surface area contributed by atoms with Crippen molar-refractivity contribution in [1.29, 1.82) is 0 Å². The average Bonchev–Trinajstić information content (AvgIpc) is 3.16. The second-order valence-corrected chi connectivity index (χ2v) is 15.6. The van der Waals surface area contributed by atoms with E-state index in [4.69, 9.17) is 13.8 Å². The van der Waals surface area contributed by atoms with Crippen molar-refractivity contribution in [1.82, 2.24) is 5.32 Å². The topological polar surface area (TPSA) is 169 Å². The van der Waals surface area contributed by atoms with E-state index in [0.717, 1.165) is 83.5 Å². The third-order valence-corrected chi connectivity index (χ3v) is 9.77. The van der Waals surface area contributed by atoms with Crippen LogP contribution >= 0.6 is 7.82 Å². The lowest BCUT2D eigenvalue weighted by Gasteiger charge is -2.18. The molecule has 3 unspecified atom stereocenters. The molecule has 0 aliphatic rings. The van der Waals surface area contributed by atoms with E-state index in [1.807, 2.05) is 0 Å². The molecule has 0 spiro atoms. The maximum atomic E-state index is 12.2. The summed E-state index contributed by atoms with van der Waals surface area (Å²) in [5, 5.41) is 21.7. The van der Waals surface area contributed by atoms with Crippen LogP contribution in [0.15, 0.2) is 48.6 Å². The van der Waals surface area contributed by atoms with Crippen LogP contribution < -0.4 is 5.32 Å². The zero-order valence-electron chi connectivity index (χ0n) is 34.2. The highest BCUT2D eigenvalue weighted by Gasteiger charge is 2.28. The van der Waals surface area contributed by atoms with Crippen LogP contribution in [0.2, 0.25) is 0 Å². The highest BCUT2D eigenvalue weighted by atomic mass is 31.2. The van der Waals surface area contributed by atoms with Crippen LogP contribution in [-0.4, -0.2) is 64.9 Å². The molecule has 0 rings (SSSR count). The number of phosphoric acid groups is 1. The van der Waals surface area contributed by atoms with Crippen LogP contribution in [0.3, 0.4) is 0 Å². The lowest BCUT2D eigenvalue weighted by atomic mass is 10.1. The summed E-state index contributed by atoms with van der Waals surface area (Å²) >= 11 is 0. The number of aliphatic carboxylic acids is 1. The third kappa shape index (κ3) is 38.1. The van der Waals surface area contributed by atoms with Crippen LogP contribution in [0.4, 0.5) is 0 Å². The highest BCUT2D eigenvalue weighted by molar-refractivity contribution is 7.47. The molecule has 1 amide bonds. The molecular formula is C43H76NO10P. The van der Waals surface area contributed by atoms with Gasteiger partial charge in [-0.15, -0.1) is 0 Å². The smallest absolute Gasteiger partial charge is 0.472 e. The first-order chi connectivity index (χ1) is 26.6. The van der Waals surface area contributed by atoms with Crippen molar-refractivity contribution in [3.05, 3.63) is 48.6 Å². The van der Waals surface area contributed by atoms with Crippen LogP contribution in [0.1, 0.15) is 174 Å². The van der Waals surface area contributed by atoms with Gasteiger partial charge in [-0.25, -0.2) is 9.36 Å². The summed E-state index contributed by atoms with van der Waals surface area (Å²) in [7, 11) is -4.76. The Morgan fingerprint density at radius 2 is 1.04 bits per heavy atom. The number of carboxylic acids is 1. The van der Waals surface area contributed by atoms with Gasteiger partial charge >= 0.3 is 19.8 Å². The number of allylic oxidation sites excluding steroid dienone is 8. The number of phosphoric ester groups is 1. The minimum atomic E-state index is -4.76. The molecule has 0 radical (unpaired) electrons. The number of carbonyl (C=O) groups excluding carboxylic acids is 2. The molecular weight excluding hydrogens is 721 g/mol. The highest BCUT2D eigenvalue weighted by Crippen LogP contribution is 2.43. The van der Waals surface area contributed by atoms with Gasteiger partial charge in [-0.05, 0) is 70.6 Å². The van der Waals surface area contributed by atoms with Gasteiger partial charge in [0, 0.05) is 12.8 Å². The second kappa shape index (κ2) is 38.3. The fourth-order valence-electron chi connectivity index (χ4n) is 5.50. The van der Waals surface area contributed by atoms with E-state index in [-0.39, 0.29) is 12.8 Å². The van der Waals surface area contributed by atoms with Gasteiger partial charge < -0.3 is 25.2 Å². The maximum absolute atomic E-state index is 12.2. The number of ether oxygens (including phenoxy) is 1.